The molecule has 21 heavy (non-hydrogen) atoms. The van der Waals surface area contributed by atoms with Gasteiger partial charge in [-0.1, -0.05) is 26.0 Å². The fraction of sp³-hybridized carbons (Fsp3) is 0.588. The van der Waals surface area contributed by atoms with Crippen LogP contribution in [0.15, 0.2) is 23.9 Å². The van der Waals surface area contributed by atoms with Crippen LogP contribution in [0, 0.1) is 17.3 Å². The van der Waals surface area contributed by atoms with Crippen LogP contribution < -0.4 is 0 Å². The molecular weight excluding hydrogens is 266 g/mol. The fourth-order valence-corrected chi connectivity index (χ4v) is 3.85. The first-order valence-electron chi connectivity index (χ1n) is 7.54. The molecule has 1 fully saturated rings. The van der Waals surface area contributed by atoms with Crippen LogP contribution in [0.1, 0.15) is 40.0 Å². The van der Waals surface area contributed by atoms with Gasteiger partial charge in [0.05, 0.1) is 12.0 Å². The molecule has 0 spiro atoms. The molecular formula is C17H21NO3. The summed E-state index contributed by atoms with van der Waals surface area (Å²) in [7, 11) is 0. The van der Waals surface area contributed by atoms with Gasteiger partial charge in [0.15, 0.2) is 5.78 Å². The Bertz CT molecular complexity index is 585. The van der Waals surface area contributed by atoms with Gasteiger partial charge in [-0.2, -0.15) is 0 Å². The van der Waals surface area contributed by atoms with E-state index in [1.165, 1.54) is 0 Å². The van der Waals surface area contributed by atoms with Gasteiger partial charge in [0, 0.05) is 24.1 Å². The molecule has 4 rings (SSSR count). The van der Waals surface area contributed by atoms with Gasteiger partial charge in [0.1, 0.15) is 5.78 Å². The van der Waals surface area contributed by atoms with Crippen molar-refractivity contribution in [2.45, 2.75) is 46.1 Å². The third-order valence-corrected chi connectivity index (χ3v) is 4.79. The van der Waals surface area contributed by atoms with Crippen LogP contribution in [-0.4, -0.2) is 28.4 Å². The summed E-state index contributed by atoms with van der Waals surface area (Å²) >= 11 is 0. The molecule has 0 radical (unpaired) electrons. The standard InChI is InChI=1S/C17H21NO3/c1-10(19)14-6-11-4-5-15(14)18(16(11)21)12-7-13(20)9-17(2,3)8-12/h4-5,7,11,14-15H,6,8-9H2,1-3H3. The van der Waals surface area contributed by atoms with Crippen molar-refractivity contribution in [2.24, 2.45) is 17.3 Å². The summed E-state index contributed by atoms with van der Waals surface area (Å²) in [5.74, 6) is -0.131. The van der Waals surface area contributed by atoms with Crippen molar-refractivity contribution in [3.8, 4) is 0 Å². The summed E-state index contributed by atoms with van der Waals surface area (Å²) in [5.41, 5.74) is 0.652. The minimum Gasteiger partial charge on any atom is -0.308 e. The molecule has 2 aliphatic carbocycles. The molecule has 2 heterocycles. The third-order valence-electron chi connectivity index (χ3n) is 4.79. The van der Waals surface area contributed by atoms with Gasteiger partial charge in [-0.3, -0.25) is 14.4 Å². The van der Waals surface area contributed by atoms with E-state index in [4.69, 9.17) is 0 Å². The maximum atomic E-state index is 12.6. The number of hydrogen-bond acceptors (Lipinski definition) is 3. The predicted octanol–water partition coefficient (Wildman–Crippen LogP) is 2.25. The number of carbonyl (C=O) groups is 3. The van der Waals surface area contributed by atoms with E-state index in [0.717, 1.165) is 5.70 Å². The smallest absolute Gasteiger partial charge is 0.234 e. The molecule has 0 aromatic rings. The van der Waals surface area contributed by atoms with Crippen molar-refractivity contribution in [3.05, 3.63) is 23.9 Å². The highest BCUT2D eigenvalue weighted by Crippen LogP contribution is 2.42. The molecule has 4 aliphatic rings. The van der Waals surface area contributed by atoms with Gasteiger partial charge < -0.3 is 4.90 Å². The topological polar surface area (TPSA) is 54.5 Å². The largest absolute Gasteiger partial charge is 0.308 e. The third kappa shape index (κ3) is 2.37. The van der Waals surface area contributed by atoms with Crippen LogP contribution in [-0.2, 0) is 14.4 Å². The average Bonchev–Trinajstić information content (AvgIpc) is 2.36. The Kier molecular flexibility index (Phi) is 3.15. The van der Waals surface area contributed by atoms with Crippen LogP contribution in [0.2, 0.25) is 0 Å². The van der Waals surface area contributed by atoms with Crippen molar-refractivity contribution in [1.29, 1.82) is 0 Å². The first-order chi connectivity index (χ1) is 9.78. The van der Waals surface area contributed by atoms with Crippen LogP contribution >= 0.6 is 0 Å². The maximum absolute atomic E-state index is 12.6. The number of piperidine rings is 1. The van der Waals surface area contributed by atoms with Crippen LogP contribution in [0.4, 0.5) is 0 Å². The number of nitrogens with zero attached hydrogens (tertiary/aromatic N) is 1. The predicted molar refractivity (Wildman–Crippen MR) is 78.2 cm³/mol. The van der Waals surface area contributed by atoms with E-state index in [0.29, 0.717) is 19.3 Å². The van der Waals surface area contributed by atoms with Gasteiger partial charge in [0.25, 0.3) is 0 Å². The van der Waals surface area contributed by atoms with E-state index in [2.05, 4.69) is 0 Å². The highest BCUT2D eigenvalue weighted by atomic mass is 16.2. The summed E-state index contributed by atoms with van der Waals surface area (Å²) in [5, 5.41) is 0. The lowest BCUT2D eigenvalue weighted by atomic mass is 9.73. The van der Waals surface area contributed by atoms with Crippen LogP contribution in [0.3, 0.4) is 0 Å². The average molecular weight is 287 g/mol. The SMILES string of the molecule is CC(=O)C1CC2C=CC1N(C1=CC(=O)CC(C)(C)C1)C2=O. The molecule has 4 nitrogen and oxygen atoms in total. The van der Waals surface area contributed by atoms with Gasteiger partial charge in [-0.05, 0) is 25.2 Å². The van der Waals surface area contributed by atoms with Gasteiger partial charge >= 0.3 is 0 Å². The Morgan fingerprint density at radius 3 is 2.57 bits per heavy atom. The van der Waals surface area contributed by atoms with E-state index in [1.807, 2.05) is 26.0 Å². The molecule has 3 atom stereocenters. The van der Waals surface area contributed by atoms with Crippen molar-refractivity contribution >= 4 is 17.5 Å². The summed E-state index contributed by atoms with van der Waals surface area (Å²) < 4.78 is 0. The van der Waals surface area contributed by atoms with Crippen molar-refractivity contribution in [1.82, 2.24) is 4.90 Å². The molecule has 0 aromatic carbocycles. The molecule has 0 saturated carbocycles. The number of ketones is 2. The van der Waals surface area contributed by atoms with Crippen molar-refractivity contribution < 1.29 is 14.4 Å². The molecule has 0 aromatic heterocycles. The zero-order valence-electron chi connectivity index (χ0n) is 12.8. The Balaban J connectivity index is 1.98. The van der Waals surface area contributed by atoms with E-state index >= 15 is 0 Å². The quantitative estimate of drug-likeness (QED) is 0.732. The first kappa shape index (κ1) is 14.2. The Morgan fingerprint density at radius 1 is 1.24 bits per heavy atom. The number of Topliss-reactive ketones (excluding diaryl/α,β-unsaturated/α-hetero) is 1. The molecule has 4 heteroatoms. The second-order valence-corrected chi connectivity index (χ2v) is 7.26. The number of hydrogen-bond donors (Lipinski definition) is 0. The van der Waals surface area contributed by atoms with Gasteiger partial charge in [-0.25, -0.2) is 0 Å². The van der Waals surface area contributed by atoms with Crippen molar-refractivity contribution in [2.75, 3.05) is 0 Å². The molecule has 0 N–H and O–H groups in total. The Labute approximate surface area is 124 Å². The van der Waals surface area contributed by atoms with Gasteiger partial charge in [-0.15, -0.1) is 0 Å². The number of carbonyl (C=O) groups excluding carboxylic acids is 3. The number of amides is 1. The van der Waals surface area contributed by atoms with E-state index < -0.39 is 0 Å². The number of fused-ring (bicyclic) bond motifs is 2. The molecule has 1 saturated heterocycles. The summed E-state index contributed by atoms with van der Waals surface area (Å²) in [6.45, 7) is 5.68. The maximum Gasteiger partial charge on any atom is 0.234 e. The van der Waals surface area contributed by atoms with Crippen molar-refractivity contribution in [3.63, 3.8) is 0 Å². The minimum atomic E-state index is -0.218. The zero-order valence-corrected chi connectivity index (χ0v) is 12.8. The summed E-state index contributed by atoms with van der Waals surface area (Å²) in [6.07, 6.45) is 7.31. The lowest BCUT2D eigenvalue weighted by Gasteiger charge is -2.47. The lowest BCUT2D eigenvalue weighted by molar-refractivity contribution is -0.142. The summed E-state index contributed by atoms with van der Waals surface area (Å²) in [6, 6.07) is -0.215. The Morgan fingerprint density at radius 2 is 1.95 bits per heavy atom. The second-order valence-electron chi connectivity index (χ2n) is 7.26. The van der Waals surface area contributed by atoms with Crippen LogP contribution in [0.25, 0.3) is 0 Å². The summed E-state index contributed by atoms with van der Waals surface area (Å²) in [4.78, 5) is 38.1. The molecule has 3 unspecified atom stereocenters. The van der Waals surface area contributed by atoms with E-state index in [9.17, 15) is 14.4 Å². The fourth-order valence-electron chi connectivity index (χ4n) is 3.85. The lowest BCUT2D eigenvalue weighted by Crippen LogP contribution is -2.55. The first-order valence-corrected chi connectivity index (χ1v) is 7.54. The zero-order chi connectivity index (χ0) is 15.4. The normalized spacial score (nSPS) is 34.1. The molecule has 2 bridgehead atoms. The monoisotopic (exact) mass is 287 g/mol. The van der Waals surface area contributed by atoms with Crippen LogP contribution in [0.5, 0.6) is 0 Å². The highest BCUT2D eigenvalue weighted by molar-refractivity contribution is 5.94. The molecule has 1 amide bonds. The molecule has 2 aliphatic heterocycles. The van der Waals surface area contributed by atoms with E-state index in [-0.39, 0.29) is 40.8 Å². The molecule has 112 valence electrons. The van der Waals surface area contributed by atoms with Gasteiger partial charge in [0.2, 0.25) is 5.91 Å². The van der Waals surface area contributed by atoms with E-state index in [1.54, 1.807) is 17.9 Å². The number of allylic oxidation sites excluding steroid dienone is 2. The Hall–Kier alpha value is -1.71. The minimum absolute atomic E-state index is 0.0387. The highest BCUT2D eigenvalue weighted by Gasteiger charge is 2.47. The second kappa shape index (κ2) is 4.65. The number of rotatable bonds is 2.